The van der Waals surface area contributed by atoms with Crippen LogP contribution in [0.25, 0.3) is 0 Å². The lowest BCUT2D eigenvalue weighted by molar-refractivity contribution is -0.139. The summed E-state index contributed by atoms with van der Waals surface area (Å²) in [5.74, 6) is -0.365. The highest BCUT2D eigenvalue weighted by atomic mass is 19.4. The Labute approximate surface area is 101 Å². The number of aromatic nitrogens is 1. The summed E-state index contributed by atoms with van der Waals surface area (Å²) in [7, 11) is 0. The molecule has 4 nitrogen and oxygen atoms in total. The fourth-order valence-electron chi connectivity index (χ4n) is 1.87. The molecular formula is C11H11F3N2O2. The Bertz CT molecular complexity index is 439. The summed E-state index contributed by atoms with van der Waals surface area (Å²) >= 11 is 0. The van der Waals surface area contributed by atoms with Crippen LogP contribution in [0.2, 0.25) is 0 Å². The third-order valence-electron chi connectivity index (χ3n) is 2.82. The number of carbonyl (C=O) groups is 1. The zero-order chi connectivity index (χ0) is 13.3. The zero-order valence-corrected chi connectivity index (χ0v) is 9.31. The molecule has 1 fully saturated rings. The van der Waals surface area contributed by atoms with E-state index in [9.17, 15) is 18.0 Å². The average Bonchev–Trinajstić information content (AvgIpc) is 2.21. The van der Waals surface area contributed by atoms with Crippen molar-refractivity contribution in [1.29, 1.82) is 0 Å². The quantitative estimate of drug-likeness (QED) is 0.903. The molecule has 1 saturated heterocycles. The normalized spacial score (nSPS) is 16.5. The molecule has 0 spiro atoms. The SMILES string of the molecule is O=C(O)CC1CN(c2ccc(C(F)(F)F)cn2)C1. The number of hydrogen-bond donors (Lipinski definition) is 1. The number of carboxylic acid groups (broad SMARTS) is 1. The maximum absolute atomic E-state index is 12.3. The number of nitrogens with zero attached hydrogens (tertiary/aromatic N) is 2. The van der Waals surface area contributed by atoms with Crippen LogP contribution in [0.5, 0.6) is 0 Å². The fourth-order valence-corrected chi connectivity index (χ4v) is 1.87. The van der Waals surface area contributed by atoms with Crippen LogP contribution in [0.15, 0.2) is 18.3 Å². The van der Waals surface area contributed by atoms with E-state index in [1.807, 2.05) is 0 Å². The Balaban J connectivity index is 1.95. The number of alkyl halides is 3. The lowest BCUT2D eigenvalue weighted by atomic mass is 9.96. The van der Waals surface area contributed by atoms with Gasteiger partial charge >= 0.3 is 12.1 Å². The van der Waals surface area contributed by atoms with Gasteiger partial charge in [-0.1, -0.05) is 0 Å². The summed E-state index contributed by atoms with van der Waals surface area (Å²) < 4.78 is 36.9. The standard InChI is InChI=1S/C11H11F3N2O2/c12-11(13,14)8-1-2-9(15-4-8)16-5-7(6-16)3-10(17)18/h1-2,4,7H,3,5-6H2,(H,17,18). The van der Waals surface area contributed by atoms with E-state index in [4.69, 9.17) is 5.11 Å². The predicted octanol–water partition coefficient (Wildman–Crippen LogP) is 2.01. The first-order valence-corrected chi connectivity index (χ1v) is 5.36. The Kier molecular flexibility index (Phi) is 3.14. The number of hydrogen-bond acceptors (Lipinski definition) is 3. The van der Waals surface area contributed by atoms with Crippen LogP contribution in [0.3, 0.4) is 0 Å². The van der Waals surface area contributed by atoms with Crippen molar-refractivity contribution in [3.05, 3.63) is 23.9 Å². The fraction of sp³-hybridized carbons (Fsp3) is 0.455. The highest BCUT2D eigenvalue weighted by Crippen LogP contribution is 2.31. The van der Waals surface area contributed by atoms with Gasteiger partial charge in [0.1, 0.15) is 5.82 Å². The minimum absolute atomic E-state index is 0.0478. The molecule has 18 heavy (non-hydrogen) atoms. The molecule has 1 N–H and O–H groups in total. The summed E-state index contributed by atoms with van der Waals surface area (Å²) in [4.78, 5) is 15.9. The van der Waals surface area contributed by atoms with Crippen LogP contribution in [0, 0.1) is 5.92 Å². The van der Waals surface area contributed by atoms with Crippen molar-refractivity contribution in [3.63, 3.8) is 0 Å². The minimum Gasteiger partial charge on any atom is -0.481 e. The van der Waals surface area contributed by atoms with Crippen LogP contribution in [-0.4, -0.2) is 29.1 Å². The first-order valence-electron chi connectivity index (χ1n) is 5.36. The Morgan fingerprint density at radius 1 is 1.44 bits per heavy atom. The van der Waals surface area contributed by atoms with Crippen molar-refractivity contribution in [1.82, 2.24) is 4.98 Å². The molecule has 0 amide bonds. The number of anilines is 1. The highest BCUT2D eigenvalue weighted by molar-refractivity contribution is 5.67. The van der Waals surface area contributed by atoms with Crippen LogP contribution in [-0.2, 0) is 11.0 Å². The average molecular weight is 260 g/mol. The van der Waals surface area contributed by atoms with E-state index in [1.54, 1.807) is 4.90 Å². The van der Waals surface area contributed by atoms with E-state index in [1.165, 1.54) is 6.07 Å². The Morgan fingerprint density at radius 2 is 2.11 bits per heavy atom. The van der Waals surface area contributed by atoms with Gasteiger partial charge in [0.2, 0.25) is 0 Å². The molecule has 0 saturated carbocycles. The second-order valence-electron chi connectivity index (χ2n) is 4.27. The molecule has 0 aromatic carbocycles. The Morgan fingerprint density at radius 3 is 2.56 bits per heavy atom. The first kappa shape index (κ1) is 12.7. The second-order valence-corrected chi connectivity index (χ2v) is 4.27. The lowest BCUT2D eigenvalue weighted by Gasteiger charge is -2.39. The van der Waals surface area contributed by atoms with Crippen molar-refractivity contribution in [3.8, 4) is 0 Å². The molecule has 98 valence electrons. The van der Waals surface area contributed by atoms with Gasteiger partial charge in [-0.15, -0.1) is 0 Å². The molecule has 0 unspecified atom stereocenters. The molecule has 1 aromatic heterocycles. The van der Waals surface area contributed by atoms with E-state index >= 15 is 0 Å². The molecule has 2 heterocycles. The van der Waals surface area contributed by atoms with Crippen molar-refractivity contribution in [2.75, 3.05) is 18.0 Å². The van der Waals surface area contributed by atoms with Gasteiger partial charge in [-0.05, 0) is 12.1 Å². The van der Waals surface area contributed by atoms with Crippen molar-refractivity contribution in [2.24, 2.45) is 5.92 Å². The van der Waals surface area contributed by atoms with Gasteiger partial charge in [0.25, 0.3) is 0 Å². The van der Waals surface area contributed by atoms with Gasteiger partial charge in [0, 0.05) is 25.2 Å². The Hall–Kier alpha value is -1.79. The van der Waals surface area contributed by atoms with Crippen LogP contribution in [0.4, 0.5) is 19.0 Å². The number of rotatable bonds is 3. The van der Waals surface area contributed by atoms with E-state index in [-0.39, 0.29) is 12.3 Å². The smallest absolute Gasteiger partial charge is 0.417 e. The largest absolute Gasteiger partial charge is 0.481 e. The van der Waals surface area contributed by atoms with Crippen molar-refractivity contribution >= 4 is 11.8 Å². The number of aliphatic carboxylic acids is 1. The number of halogens is 3. The predicted molar refractivity (Wildman–Crippen MR) is 57.2 cm³/mol. The second kappa shape index (κ2) is 4.47. The maximum atomic E-state index is 12.3. The summed E-state index contributed by atoms with van der Waals surface area (Å²) in [6.07, 6.45) is -3.51. The van der Waals surface area contributed by atoms with E-state index in [0.29, 0.717) is 18.9 Å². The van der Waals surface area contributed by atoms with Gasteiger partial charge in [-0.3, -0.25) is 4.79 Å². The zero-order valence-electron chi connectivity index (χ0n) is 9.31. The highest BCUT2D eigenvalue weighted by Gasteiger charge is 2.32. The minimum atomic E-state index is -4.38. The van der Waals surface area contributed by atoms with Crippen molar-refractivity contribution < 1.29 is 23.1 Å². The molecule has 2 rings (SSSR count). The van der Waals surface area contributed by atoms with Gasteiger partial charge in [-0.25, -0.2) is 4.98 Å². The number of carboxylic acids is 1. The number of pyridine rings is 1. The monoisotopic (exact) mass is 260 g/mol. The van der Waals surface area contributed by atoms with Gasteiger partial charge in [-0.2, -0.15) is 13.2 Å². The molecule has 0 atom stereocenters. The van der Waals surface area contributed by atoms with Gasteiger partial charge in [0.05, 0.1) is 12.0 Å². The van der Waals surface area contributed by atoms with E-state index in [2.05, 4.69) is 4.98 Å². The van der Waals surface area contributed by atoms with E-state index < -0.39 is 17.7 Å². The lowest BCUT2D eigenvalue weighted by Crippen LogP contribution is -2.48. The third-order valence-corrected chi connectivity index (χ3v) is 2.82. The topological polar surface area (TPSA) is 53.4 Å². The van der Waals surface area contributed by atoms with Crippen LogP contribution in [0.1, 0.15) is 12.0 Å². The van der Waals surface area contributed by atoms with E-state index in [0.717, 1.165) is 12.3 Å². The van der Waals surface area contributed by atoms with Crippen LogP contribution >= 0.6 is 0 Å². The molecule has 1 aromatic rings. The maximum Gasteiger partial charge on any atom is 0.417 e. The molecule has 0 aliphatic carbocycles. The first-order chi connectivity index (χ1) is 8.36. The molecule has 1 aliphatic heterocycles. The van der Waals surface area contributed by atoms with Crippen molar-refractivity contribution in [2.45, 2.75) is 12.6 Å². The molecule has 1 aliphatic rings. The summed E-state index contributed by atoms with van der Waals surface area (Å²) in [5.41, 5.74) is -0.783. The molecule has 0 radical (unpaired) electrons. The van der Waals surface area contributed by atoms with Gasteiger partial charge < -0.3 is 10.0 Å². The third kappa shape index (κ3) is 2.72. The summed E-state index contributed by atoms with van der Waals surface area (Å²) in [5, 5.41) is 8.57. The summed E-state index contributed by atoms with van der Waals surface area (Å²) in [6, 6.07) is 2.28. The molecular weight excluding hydrogens is 249 g/mol. The molecule has 7 heteroatoms. The molecule has 0 bridgehead atoms. The van der Waals surface area contributed by atoms with Gasteiger partial charge in [0.15, 0.2) is 0 Å². The summed E-state index contributed by atoms with van der Waals surface area (Å²) in [6.45, 7) is 1.04. The van der Waals surface area contributed by atoms with Crippen LogP contribution < -0.4 is 4.90 Å².